The van der Waals surface area contributed by atoms with Gasteiger partial charge >= 0.3 is 0 Å². The van der Waals surface area contributed by atoms with Crippen molar-refractivity contribution in [2.45, 2.75) is 32.7 Å². The number of hydrogen-bond donors (Lipinski definition) is 1. The van der Waals surface area contributed by atoms with Gasteiger partial charge in [-0.15, -0.1) is 11.3 Å². The summed E-state index contributed by atoms with van der Waals surface area (Å²) in [4.78, 5) is 4.20. The van der Waals surface area contributed by atoms with Crippen molar-refractivity contribution in [2.75, 3.05) is 19.8 Å². The standard InChI is InChI=1S/C11H20N2OS/c1-2-3-7-14-8-4-5-12-10-11-13-6-9-15-11/h6,9,12H,2-5,7-8,10H2,1H3. The van der Waals surface area contributed by atoms with Crippen LogP contribution in [-0.4, -0.2) is 24.7 Å². The van der Waals surface area contributed by atoms with E-state index in [1.165, 1.54) is 12.8 Å². The molecule has 0 saturated carbocycles. The molecule has 0 fully saturated rings. The molecule has 0 unspecified atom stereocenters. The van der Waals surface area contributed by atoms with Crippen LogP contribution >= 0.6 is 11.3 Å². The first-order chi connectivity index (χ1) is 7.43. The predicted octanol–water partition coefficient (Wildman–Crippen LogP) is 2.44. The smallest absolute Gasteiger partial charge is 0.106 e. The summed E-state index contributed by atoms with van der Waals surface area (Å²) in [7, 11) is 0. The number of thiazole rings is 1. The van der Waals surface area contributed by atoms with Crippen LogP contribution < -0.4 is 5.32 Å². The van der Waals surface area contributed by atoms with Crippen LogP contribution in [-0.2, 0) is 11.3 Å². The first kappa shape index (κ1) is 12.6. The quantitative estimate of drug-likeness (QED) is 0.659. The molecule has 1 aromatic rings. The fourth-order valence-corrected chi connectivity index (χ4v) is 1.77. The van der Waals surface area contributed by atoms with Crippen molar-refractivity contribution in [1.29, 1.82) is 0 Å². The molecule has 86 valence electrons. The second kappa shape index (κ2) is 8.83. The molecule has 0 saturated heterocycles. The zero-order valence-electron chi connectivity index (χ0n) is 9.37. The minimum Gasteiger partial charge on any atom is -0.381 e. The number of aromatic nitrogens is 1. The minimum atomic E-state index is 0.866. The first-order valence-electron chi connectivity index (χ1n) is 5.60. The molecule has 0 aromatic carbocycles. The average molecular weight is 228 g/mol. The molecule has 0 aliphatic rings. The normalized spacial score (nSPS) is 10.7. The average Bonchev–Trinajstić information content (AvgIpc) is 2.75. The van der Waals surface area contributed by atoms with Crippen molar-refractivity contribution in [3.63, 3.8) is 0 Å². The summed E-state index contributed by atoms with van der Waals surface area (Å²) in [5.74, 6) is 0. The zero-order valence-corrected chi connectivity index (χ0v) is 10.2. The molecule has 1 aromatic heterocycles. The van der Waals surface area contributed by atoms with E-state index in [2.05, 4.69) is 17.2 Å². The van der Waals surface area contributed by atoms with E-state index >= 15 is 0 Å². The van der Waals surface area contributed by atoms with Gasteiger partial charge in [0.2, 0.25) is 0 Å². The lowest BCUT2D eigenvalue weighted by Crippen LogP contribution is -2.16. The molecule has 1 rings (SSSR count). The largest absolute Gasteiger partial charge is 0.381 e. The second-order valence-corrected chi connectivity index (χ2v) is 4.40. The van der Waals surface area contributed by atoms with E-state index in [9.17, 15) is 0 Å². The van der Waals surface area contributed by atoms with Gasteiger partial charge in [0.05, 0.1) is 0 Å². The van der Waals surface area contributed by atoms with Crippen LogP contribution in [0.4, 0.5) is 0 Å². The molecular weight excluding hydrogens is 208 g/mol. The van der Waals surface area contributed by atoms with Crippen molar-refractivity contribution >= 4 is 11.3 Å². The number of nitrogens with one attached hydrogen (secondary N) is 1. The Morgan fingerprint density at radius 3 is 3.00 bits per heavy atom. The van der Waals surface area contributed by atoms with E-state index in [-0.39, 0.29) is 0 Å². The number of hydrogen-bond acceptors (Lipinski definition) is 4. The number of unbranched alkanes of at least 4 members (excludes halogenated alkanes) is 1. The molecule has 0 spiro atoms. The van der Waals surface area contributed by atoms with Crippen molar-refractivity contribution in [3.05, 3.63) is 16.6 Å². The van der Waals surface area contributed by atoms with Gasteiger partial charge in [-0.25, -0.2) is 4.98 Å². The SMILES string of the molecule is CCCCOCCCNCc1nccs1. The van der Waals surface area contributed by atoms with Crippen molar-refractivity contribution in [1.82, 2.24) is 10.3 Å². The van der Waals surface area contributed by atoms with E-state index in [0.717, 1.165) is 37.7 Å². The molecule has 1 heterocycles. The number of rotatable bonds is 9. The first-order valence-corrected chi connectivity index (χ1v) is 6.48. The van der Waals surface area contributed by atoms with Crippen molar-refractivity contribution in [3.8, 4) is 0 Å². The van der Waals surface area contributed by atoms with E-state index in [4.69, 9.17) is 4.74 Å². The Balaban J connectivity index is 1.81. The van der Waals surface area contributed by atoms with Gasteiger partial charge in [-0.2, -0.15) is 0 Å². The molecule has 15 heavy (non-hydrogen) atoms. The molecule has 0 bridgehead atoms. The molecule has 0 aliphatic carbocycles. The highest BCUT2D eigenvalue weighted by atomic mass is 32.1. The highest BCUT2D eigenvalue weighted by Crippen LogP contribution is 2.02. The highest BCUT2D eigenvalue weighted by molar-refractivity contribution is 7.09. The maximum Gasteiger partial charge on any atom is 0.106 e. The van der Waals surface area contributed by atoms with E-state index in [1.807, 2.05) is 11.6 Å². The Hall–Kier alpha value is -0.450. The Kier molecular flexibility index (Phi) is 7.42. The zero-order chi connectivity index (χ0) is 10.8. The molecule has 0 radical (unpaired) electrons. The predicted molar refractivity (Wildman–Crippen MR) is 64.2 cm³/mol. The second-order valence-electron chi connectivity index (χ2n) is 3.42. The van der Waals surface area contributed by atoms with Gasteiger partial charge in [-0.05, 0) is 19.4 Å². The number of ether oxygens (including phenoxy) is 1. The van der Waals surface area contributed by atoms with E-state index in [0.29, 0.717) is 0 Å². The molecule has 0 amide bonds. The molecular formula is C11H20N2OS. The van der Waals surface area contributed by atoms with Gasteiger partial charge in [0.15, 0.2) is 0 Å². The summed E-state index contributed by atoms with van der Waals surface area (Å²) in [5.41, 5.74) is 0. The van der Waals surface area contributed by atoms with Crippen LogP contribution in [0, 0.1) is 0 Å². The Bertz CT molecular complexity index is 227. The molecule has 4 heteroatoms. The van der Waals surface area contributed by atoms with Crippen LogP contribution in [0.2, 0.25) is 0 Å². The third-order valence-corrected chi connectivity index (χ3v) is 2.82. The topological polar surface area (TPSA) is 34.1 Å². The van der Waals surface area contributed by atoms with E-state index < -0.39 is 0 Å². The van der Waals surface area contributed by atoms with Crippen LogP contribution in [0.25, 0.3) is 0 Å². The van der Waals surface area contributed by atoms with Gasteiger partial charge in [0.25, 0.3) is 0 Å². The maximum atomic E-state index is 5.46. The lowest BCUT2D eigenvalue weighted by atomic mass is 10.4. The van der Waals surface area contributed by atoms with Crippen molar-refractivity contribution < 1.29 is 4.74 Å². The minimum absolute atomic E-state index is 0.866. The summed E-state index contributed by atoms with van der Waals surface area (Å²) >= 11 is 1.69. The lowest BCUT2D eigenvalue weighted by Gasteiger charge is -2.04. The van der Waals surface area contributed by atoms with Gasteiger partial charge in [-0.3, -0.25) is 0 Å². The van der Waals surface area contributed by atoms with Crippen LogP contribution in [0.1, 0.15) is 31.2 Å². The Morgan fingerprint density at radius 2 is 2.27 bits per heavy atom. The van der Waals surface area contributed by atoms with Gasteiger partial charge in [-0.1, -0.05) is 13.3 Å². The lowest BCUT2D eigenvalue weighted by molar-refractivity contribution is 0.129. The Morgan fingerprint density at radius 1 is 1.40 bits per heavy atom. The molecule has 0 aliphatic heterocycles. The fraction of sp³-hybridized carbons (Fsp3) is 0.727. The fourth-order valence-electron chi connectivity index (χ4n) is 1.18. The summed E-state index contributed by atoms with van der Waals surface area (Å²) in [6.07, 6.45) is 5.31. The Labute approximate surface area is 95.9 Å². The molecule has 3 nitrogen and oxygen atoms in total. The third-order valence-electron chi connectivity index (χ3n) is 2.04. The van der Waals surface area contributed by atoms with Gasteiger partial charge in [0.1, 0.15) is 5.01 Å². The highest BCUT2D eigenvalue weighted by Gasteiger charge is 1.94. The van der Waals surface area contributed by atoms with Crippen LogP contribution in [0.5, 0.6) is 0 Å². The molecule has 0 atom stereocenters. The van der Waals surface area contributed by atoms with Gasteiger partial charge < -0.3 is 10.1 Å². The van der Waals surface area contributed by atoms with Crippen molar-refractivity contribution in [2.24, 2.45) is 0 Å². The summed E-state index contributed by atoms with van der Waals surface area (Å²) in [6, 6.07) is 0. The summed E-state index contributed by atoms with van der Waals surface area (Å²) in [5, 5.41) is 6.51. The van der Waals surface area contributed by atoms with E-state index in [1.54, 1.807) is 11.3 Å². The third kappa shape index (κ3) is 6.60. The monoisotopic (exact) mass is 228 g/mol. The summed E-state index contributed by atoms with van der Waals surface area (Å²) < 4.78 is 5.46. The van der Waals surface area contributed by atoms with Crippen LogP contribution in [0.15, 0.2) is 11.6 Å². The maximum absolute atomic E-state index is 5.46. The molecule has 1 N–H and O–H groups in total. The van der Waals surface area contributed by atoms with Crippen LogP contribution in [0.3, 0.4) is 0 Å². The summed E-state index contributed by atoms with van der Waals surface area (Å²) in [6.45, 7) is 5.84. The number of nitrogens with zero attached hydrogens (tertiary/aromatic N) is 1. The van der Waals surface area contributed by atoms with Gasteiger partial charge in [0, 0.05) is 31.3 Å².